The first-order valence-electron chi connectivity index (χ1n) is 7.04. The van der Waals surface area contributed by atoms with Crippen molar-refractivity contribution in [2.75, 3.05) is 0 Å². The summed E-state index contributed by atoms with van der Waals surface area (Å²) in [7, 11) is -7.30. The highest BCUT2D eigenvalue weighted by Crippen LogP contribution is 2.26. The number of hydrogen-bond acceptors (Lipinski definition) is 4. The van der Waals surface area contributed by atoms with E-state index in [1.165, 1.54) is 0 Å². The monoisotopic (exact) mass is 324 g/mol. The molecule has 0 radical (unpaired) electrons. The highest BCUT2D eigenvalue weighted by molar-refractivity contribution is 6.85. The van der Waals surface area contributed by atoms with Crippen LogP contribution in [0.25, 0.3) is 0 Å². The Kier molecular flexibility index (Phi) is 6.45. The van der Waals surface area contributed by atoms with Gasteiger partial charge in [0, 0.05) is 0 Å². The fraction of sp³-hybridized carbons (Fsp3) is 1.00. The van der Waals surface area contributed by atoms with Crippen LogP contribution >= 0.6 is 0 Å². The van der Waals surface area contributed by atoms with Crippen LogP contribution in [0.5, 0.6) is 0 Å². The zero-order valence-electron chi connectivity index (χ0n) is 12.6. The molecule has 1 fully saturated rings. The lowest BCUT2D eigenvalue weighted by molar-refractivity contribution is 0.256. The van der Waals surface area contributed by atoms with Crippen LogP contribution in [0.15, 0.2) is 0 Å². The van der Waals surface area contributed by atoms with E-state index in [1.807, 2.05) is 0 Å². The summed E-state index contributed by atoms with van der Waals surface area (Å²) in [6.45, 7) is 12.9. The maximum absolute atomic E-state index is 6.25. The lowest BCUT2D eigenvalue weighted by Gasteiger charge is -2.41. The van der Waals surface area contributed by atoms with Crippen molar-refractivity contribution in [3.05, 3.63) is 0 Å². The first-order valence-corrected chi connectivity index (χ1v) is 16.3. The second kappa shape index (κ2) is 6.93. The molecule has 0 unspecified atom stereocenters. The summed E-state index contributed by atoms with van der Waals surface area (Å²) in [6, 6.07) is 2.08. The molecular weight excluding hydrogens is 296 g/mol. The molecule has 1 saturated heterocycles. The van der Waals surface area contributed by atoms with E-state index in [2.05, 4.69) is 40.0 Å². The Balaban J connectivity index is 2.77. The highest BCUT2D eigenvalue weighted by atomic mass is 28.5. The molecule has 4 nitrogen and oxygen atoms in total. The number of rotatable bonds is 4. The molecule has 8 heteroatoms. The molecule has 0 aromatic carbocycles. The Labute approximate surface area is 117 Å². The molecule has 0 aromatic heterocycles. The molecule has 1 heterocycles. The Morgan fingerprint density at radius 1 is 0.722 bits per heavy atom. The van der Waals surface area contributed by atoms with Gasteiger partial charge in [-0.15, -0.1) is 0 Å². The van der Waals surface area contributed by atoms with Gasteiger partial charge >= 0.3 is 35.7 Å². The molecule has 0 amide bonds. The molecule has 0 atom stereocenters. The third-order valence-corrected chi connectivity index (χ3v) is 19.2. The Bertz CT molecular complexity index is 228. The zero-order valence-corrected chi connectivity index (χ0v) is 16.9. The molecule has 0 aliphatic carbocycles. The van der Waals surface area contributed by atoms with Gasteiger partial charge in [0.15, 0.2) is 0 Å². The van der Waals surface area contributed by atoms with Crippen molar-refractivity contribution in [3.63, 3.8) is 0 Å². The SMILES string of the molecule is CCC[Si]1(C)O[SiH](C)O[Si](C)(CCC)O[SiH](C)O1. The van der Waals surface area contributed by atoms with E-state index in [-0.39, 0.29) is 0 Å². The molecule has 1 rings (SSSR count). The smallest absolute Gasteiger partial charge is 0.316 e. The van der Waals surface area contributed by atoms with E-state index >= 15 is 0 Å². The third-order valence-electron chi connectivity index (χ3n) is 3.07. The van der Waals surface area contributed by atoms with E-state index in [4.69, 9.17) is 16.5 Å². The van der Waals surface area contributed by atoms with Crippen molar-refractivity contribution in [3.8, 4) is 0 Å². The van der Waals surface area contributed by atoms with Crippen LogP contribution < -0.4 is 0 Å². The maximum Gasteiger partial charge on any atom is 0.316 e. The van der Waals surface area contributed by atoms with Crippen molar-refractivity contribution in [1.29, 1.82) is 0 Å². The second-order valence-electron chi connectivity index (χ2n) is 5.37. The Morgan fingerprint density at radius 3 is 1.22 bits per heavy atom. The van der Waals surface area contributed by atoms with Crippen LogP contribution in [0.1, 0.15) is 26.7 Å². The quantitative estimate of drug-likeness (QED) is 0.745. The minimum Gasteiger partial charge on any atom is -0.418 e. The van der Waals surface area contributed by atoms with Gasteiger partial charge in [-0.2, -0.15) is 0 Å². The van der Waals surface area contributed by atoms with Gasteiger partial charge in [-0.3, -0.25) is 0 Å². The zero-order chi connectivity index (χ0) is 13.8. The first kappa shape index (κ1) is 16.8. The Hall–Kier alpha value is 0.708. The third kappa shape index (κ3) is 5.00. The van der Waals surface area contributed by atoms with Gasteiger partial charge in [-0.25, -0.2) is 0 Å². The molecule has 0 aromatic rings. The van der Waals surface area contributed by atoms with E-state index in [1.54, 1.807) is 0 Å². The van der Waals surface area contributed by atoms with Gasteiger partial charge in [0.2, 0.25) is 0 Å². The normalized spacial score (nSPS) is 42.3. The molecule has 0 N–H and O–H groups in total. The summed E-state index contributed by atoms with van der Waals surface area (Å²) in [5.74, 6) is 0. The lowest BCUT2D eigenvalue weighted by Crippen LogP contribution is -2.57. The topological polar surface area (TPSA) is 36.9 Å². The lowest BCUT2D eigenvalue weighted by atomic mass is 10.6. The van der Waals surface area contributed by atoms with Gasteiger partial charge in [0.1, 0.15) is 0 Å². The van der Waals surface area contributed by atoms with Gasteiger partial charge in [0.25, 0.3) is 0 Å². The summed E-state index contributed by atoms with van der Waals surface area (Å²) >= 11 is 0. The van der Waals surface area contributed by atoms with Gasteiger partial charge in [-0.1, -0.05) is 26.7 Å². The van der Waals surface area contributed by atoms with E-state index in [0.29, 0.717) is 0 Å². The summed E-state index contributed by atoms with van der Waals surface area (Å²) in [5, 5.41) is 0. The summed E-state index contributed by atoms with van der Waals surface area (Å²) in [4.78, 5) is 0. The summed E-state index contributed by atoms with van der Waals surface area (Å²) in [6.07, 6.45) is 2.21. The average Bonchev–Trinajstić information content (AvgIpc) is 2.13. The molecular formula is C10H28O4Si4. The van der Waals surface area contributed by atoms with Crippen LogP contribution in [0, 0.1) is 0 Å². The minimum atomic E-state index is -2.04. The van der Waals surface area contributed by atoms with Crippen molar-refractivity contribution in [2.45, 2.75) is 65.0 Å². The minimum absolute atomic E-state index is 1.04. The van der Waals surface area contributed by atoms with Gasteiger partial charge in [0.05, 0.1) is 0 Å². The van der Waals surface area contributed by atoms with Crippen LogP contribution in [0.4, 0.5) is 0 Å². The molecule has 1 aliphatic rings. The molecule has 0 spiro atoms. The molecule has 0 bridgehead atoms. The van der Waals surface area contributed by atoms with Crippen LogP contribution in [0.2, 0.25) is 38.3 Å². The fourth-order valence-electron chi connectivity index (χ4n) is 2.65. The Morgan fingerprint density at radius 2 is 1.00 bits per heavy atom. The summed E-state index contributed by atoms with van der Waals surface area (Å²) < 4.78 is 25.0. The number of hydrogen-bond donors (Lipinski definition) is 0. The van der Waals surface area contributed by atoms with E-state index in [0.717, 1.165) is 24.9 Å². The van der Waals surface area contributed by atoms with Crippen molar-refractivity contribution >= 4 is 35.7 Å². The maximum atomic E-state index is 6.25. The second-order valence-corrected chi connectivity index (χ2v) is 17.0. The largest absolute Gasteiger partial charge is 0.418 e. The summed E-state index contributed by atoms with van der Waals surface area (Å²) in [5.41, 5.74) is 0. The highest BCUT2D eigenvalue weighted by Gasteiger charge is 2.44. The van der Waals surface area contributed by atoms with Crippen LogP contribution in [-0.4, -0.2) is 35.7 Å². The van der Waals surface area contributed by atoms with Crippen LogP contribution in [-0.2, 0) is 16.5 Å². The standard InChI is InChI=1S/C10H28O4Si4/c1-7-9-17(5)11-15(3)13-18(6,10-8-2)14-16(4)12-17/h15-16H,7-10H2,1-6H3. The van der Waals surface area contributed by atoms with Gasteiger partial charge < -0.3 is 16.5 Å². The predicted molar refractivity (Wildman–Crippen MR) is 83.8 cm³/mol. The molecule has 18 heavy (non-hydrogen) atoms. The van der Waals surface area contributed by atoms with E-state index < -0.39 is 35.7 Å². The average molecular weight is 325 g/mol. The van der Waals surface area contributed by atoms with E-state index in [9.17, 15) is 0 Å². The van der Waals surface area contributed by atoms with Gasteiger partial charge in [-0.05, 0) is 38.3 Å². The van der Waals surface area contributed by atoms with Crippen molar-refractivity contribution in [2.24, 2.45) is 0 Å². The first-order chi connectivity index (χ1) is 8.32. The molecule has 0 saturated carbocycles. The van der Waals surface area contributed by atoms with Crippen molar-refractivity contribution < 1.29 is 16.5 Å². The van der Waals surface area contributed by atoms with Crippen LogP contribution in [0.3, 0.4) is 0 Å². The predicted octanol–water partition coefficient (Wildman–Crippen LogP) is 2.73. The molecule has 1 aliphatic heterocycles. The molecule has 108 valence electrons. The fourth-order valence-corrected chi connectivity index (χ4v) is 20.3. The van der Waals surface area contributed by atoms with Crippen molar-refractivity contribution in [1.82, 2.24) is 0 Å².